The number of hydrogen-bond donors (Lipinski definition) is 0. The van der Waals surface area contributed by atoms with Crippen LogP contribution in [0.15, 0.2) is 16.9 Å². The van der Waals surface area contributed by atoms with Gasteiger partial charge >= 0.3 is 0 Å². The largest absolute Gasteiger partial charge is 0.361 e. The summed E-state index contributed by atoms with van der Waals surface area (Å²) in [6.07, 6.45) is 8.80. The van der Waals surface area contributed by atoms with Gasteiger partial charge in [-0.2, -0.15) is 15.0 Å². The summed E-state index contributed by atoms with van der Waals surface area (Å²) in [4.78, 5) is 16.8. The van der Waals surface area contributed by atoms with E-state index in [1.54, 1.807) is 12.4 Å². The first-order chi connectivity index (χ1) is 11.6. The van der Waals surface area contributed by atoms with Crippen LogP contribution in [0.2, 0.25) is 0 Å². The van der Waals surface area contributed by atoms with E-state index >= 15 is 0 Å². The number of aromatic nitrogens is 4. The Morgan fingerprint density at radius 2 is 1.83 bits per heavy atom. The molecule has 0 aromatic carbocycles. The third-order valence-corrected chi connectivity index (χ3v) is 5.53. The number of aryl methyl sites for hydroxylation is 2. The Balaban J connectivity index is 1.41. The van der Waals surface area contributed by atoms with Gasteiger partial charge in [0, 0.05) is 24.1 Å². The molecule has 4 heterocycles. The number of carbonyl (C=O) groups excluding carboxylic acids is 1. The van der Waals surface area contributed by atoms with Crippen LogP contribution < -0.4 is 0 Å². The molecule has 4 rings (SSSR count). The van der Waals surface area contributed by atoms with E-state index in [1.807, 2.05) is 18.6 Å². The first-order valence-electron chi connectivity index (χ1n) is 8.72. The van der Waals surface area contributed by atoms with Crippen LogP contribution in [-0.2, 0) is 11.2 Å². The minimum Gasteiger partial charge on any atom is -0.361 e. The predicted molar refractivity (Wildman–Crippen MR) is 86.2 cm³/mol. The Morgan fingerprint density at radius 3 is 2.42 bits per heavy atom. The van der Waals surface area contributed by atoms with Crippen molar-refractivity contribution in [2.45, 2.75) is 70.5 Å². The molecule has 7 nitrogen and oxygen atoms in total. The highest BCUT2D eigenvalue weighted by Gasteiger charge is 2.43. The number of amides is 1. The summed E-state index contributed by atoms with van der Waals surface area (Å²) in [5, 5.41) is 12.5. The lowest BCUT2D eigenvalue weighted by Crippen LogP contribution is -2.47. The third kappa shape index (κ3) is 2.61. The Bertz CT molecular complexity index is 690. The lowest BCUT2D eigenvalue weighted by molar-refractivity contribution is -0.136. The zero-order chi connectivity index (χ0) is 16.7. The van der Waals surface area contributed by atoms with Gasteiger partial charge < -0.3 is 9.42 Å². The monoisotopic (exact) mass is 329 g/mol. The van der Waals surface area contributed by atoms with Gasteiger partial charge in [-0.3, -0.25) is 4.79 Å². The zero-order valence-electron chi connectivity index (χ0n) is 14.2. The Hall–Kier alpha value is -2.18. The zero-order valence-corrected chi connectivity index (χ0v) is 14.2. The fourth-order valence-electron chi connectivity index (χ4n) is 4.38. The maximum Gasteiger partial charge on any atom is 0.223 e. The Labute approximate surface area is 141 Å². The highest BCUT2D eigenvalue weighted by atomic mass is 16.5. The van der Waals surface area contributed by atoms with Gasteiger partial charge in [0.2, 0.25) is 5.91 Å². The van der Waals surface area contributed by atoms with E-state index < -0.39 is 0 Å². The minimum absolute atomic E-state index is 0.259. The summed E-state index contributed by atoms with van der Waals surface area (Å²) in [5.41, 5.74) is 1.97. The maximum absolute atomic E-state index is 12.8. The second-order valence-corrected chi connectivity index (χ2v) is 6.96. The third-order valence-electron chi connectivity index (χ3n) is 5.53. The molecule has 2 aromatic rings. The maximum atomic E-state index is 12.8. The normalized spacial score (nSPS) is 26.1. The first kappa shape index (κ1) is 15.4. The summed E-state index contributed by atoms with van der Waals surface area (Å²) in [5.74, 6) is 1.08. The molecule has 7 heteroatoms. The quantitative estimate of drug-likeness (QED) is 0.859. The summed E-state index contributed by atoms with van der Waals surface area (Å²) >= 11 is 0. The molecular formula is C17H23N5O2. The summed E-state index contributed by atoms with van der Waals surface area (Å²) < 4.78 is 5.19. The van der Waals surface area contributed by atoms with Crippen LogP contribution >= 0.6 is 0 Å². The van der Waals surface area contributed by atoms with E-state index in [4.69, 9.17) is 4.52 Å². The molecule has 2 unspecified atom stereocenters. The number of hydrogen-bond acceptors (Lipinski definition) is 5. The second-order valence-electron chi connectivity index (χ2n) is 6.96. The molecule has 1 amide bonds. The smallest absolute Gasteiger partial charge is 0.223 e. The molecule has 2 aliphatic rings. The lowest BCUT2D eigenvalue weighted by Gasteiger charge is -2.38. The average Bonchev–Trinajstić information content (AvgIpc) is 3.26. The molecule has 24 heavy (non-hydrogen) atoms. The van der Waals surface area contributed by atoms with E-state index in [2.05, 4.69) is 20.3 Å². The number of piperidine rings is 1. The number of fused-ring (bicyclic) bond motifs is 2. The van der Waals surface area contributed by atoms with Gasteiger partial charge in [0.25, 0.3) is 0 Å². The molecule has 0 N–H and O–H groups in total. The molecule has 0 radical (unpaired) electrons. The average molecular weight is 329 g/mol. The first-order valence-corrected chi connectivity index (χ1v) is 8.72. The number of nitrogens with zero attached hydrogens (tertiary/aromatic N) is 5. The fourth-order valence-corrected chi connectivity index (χ4v) is 4.38. The van der Waals surface area contributed by atoms with Gasteiger partial charge in [-0.15, -0.1) is 0 Å². The van der Waals surface area contributed by atoms with Crippen molar-refractivity contribution in [3.05, 3.63) is 29.4 Å². The molecule has 0 aliphatic carbocycles. The van der Waals surface area contributed by atoms with E-state index in [0.717, 1.165) is 42.7 Å². The van der Waals surface area contributed by atoms with E-state index in [9.17, 15) is 4.79 Å². The van der Waals surface area contributed by atoms with Gasteiger partial charge in [-0.25, -0.2) is 0 Å². The van der Waals surface area contributed by atoms with E-state index in [1.165, 1.54) is 0 Å². The standard InChI is InChI=1S/C17H23N5O2/c1-11-16(12(2)24-20-11)5-6-17(23)21-13-3-4-14(21)10-15(9-13)22-18-7-8-19-22/h7-8,13-15H,3-6,9-10H2,1-2H3. The second kappa shape index (κ2) is 6.03. The van der Waals surface area contributed by atoms with Crippen molar-refractivity contribution in [3.63, 3.8) is 0 Å². The van der Waals surface area contributed by atoms with Crippen LogP contribution in [-0.4, -0.2) is 43.0 Å². The number of carbonyl (C=O) groups is 1. The van der Waals surface area contributed by atoms with Crippen molar-refractivity contribution in [1.82, 2.24) is 25.1 Å². The molecule has 2 saturated heterocycles. The van der Waals surface area contributed by atoms with Crippen LogP contribution in [0, 0.1) is 13.8 Å². The van der Waals surface area contributed by atoms with Crippen LogP contribution in [0.5, 0.6) is 0 Å². The van der Waals surface area contributed by atoms with E-state index in [0.29, 0.717) is 31.0 Å². The Morgan fingerprint density at radius 1 is 1.17 bits per heavy atom. The molecule has 128 valence electrons. The van der Waals surface area contributed by atoms with Crippen molar-refractivity contribution in [1.29, 1.82) is 0 Å². The summed E-state index contributed by atoms with van der Waals surface area (Å²) in [7, 11) is 0. The van der Waals surface area contributed by atoms with Gasteiger partial charge in [-0.05, 0) is 46.0 Å². The molecule has 2 aliphatic heterocycles. The molecular weight excluding hydrogens is 306 g/mol. The highest BCUT2D eigenvalue weighted by Crippen LogP contribution is 2.40. The molecule has 2 aromatic heterocycles. The highest BCUT2D eigenvalue weighted by molar-refractivity contribution is 5.77. The van der Waals surface area contributed by atoms with Crippen LogP contribution in [0.3, 0.4) is 0 Å². The van der Waals surface area contributed by atoms with Crippen molar-refractivity contribution in [2.75, 3.05) is 0 Å². The van der Waals surface area contributed by atoms with Crippen molar-refractivity contribution in [2.24, 2.45) is 0 Å². The van der Waals surface area contributed by atoms with Crippen LogP contribution in [0.25, 0.3) is 0 Å². The van der Waals surface area contributed by atoms with Crippen LogP contribution in [0.4, 0.5) is 0 Å². The summed E-state index contributed by atoms with van der Waals surface area (Å²) in [6, 6.07) is 0.984. The summed E-state index contributed by atoms with van der Waals surface area (Å²) in [6.45, 7) is 3.84. The molecule has 2 bridgehead atoms. The molecule has 2 fully saturated rings. The fraction of sp³-hybridized carbons (Fsp3) is 0.647. The molecule has 0 spiro atoms. The van der Waals surface area contributed by atoms with Gasteiger partial charge in [-0.1, -0.05) is 5.16 Å². The van der Waals surface area contributed by atoms with Gasteiger partial charge in [0.05, 0.1) is 24.1 Å². The SMILES string of the molecule is Cc1noc(C)c1CCC(=O)N1C2CCC1CC(n1nccn1)C2. The predicted octanol–water partition coefficient (Wildman–Crippen LogP) is 2.21. The van der Waals surface area contributed by atoms with Gasteiger partial charge in [0.1, 0.15) is 5.76 Å². The molecule has 0 saturated carbocycles. The lowest BCUT2D eigenvalue weighted by atomic mass is 9.96. The topological polar surface area (TPSA) is 77.0 Å². The van der Waals surface area contributed by atoms with E-state index in [-0.39, 0.29) is 5.91 Å². The van der Waals surface area contributed by atoms with Gasteiger partial charge in [0.15, 0.2) is 0 Å². The number of rotatable bonds is 4. The van der Waals surface area contributed by atoms with Crippen molar-refractivity contribution < 1.29 is 9.32 Å². The Kier molecular flexibility index (Phi) is 3.86. The molecule has 2 atom stereocenters. The minimum atomic E-state index is 0.259. The van der Waals surface area contributed by atoms with Crippen molar-refractivity contribution >= 4 is 5.91 Å². The van der Waals surface area contributed by atoms with Crippen LogP contribution in [0.1, 0.15) is 55.2 Å². The van der Waals surface area contributed by atoms with Crippen molar-refractivity contribution in [3.8, 4) is 0 Å².